The minimum atomic E-state index is -1.54. The van der Waals surface area contributed by atoms with Crippen LogP contribution in [-0.2, 0) is 0 Å². The number of alkyl halides is 2. The lowest BCUT2D eigenvalue weighted by atomic mass is 9.91. The fourth-order valence-electron chi connectivity index (χ4n) is 1.17. The van der Waals surface area contributed by atoms with Crippen molar-refractivity contribution in [2.24, 2.45) is 0 Å². The predicted octanol–water partition coefficient (Wildman–Crippen LogP) is 3.78. The van der Waals surface area contributed by atoms with Crippen LogP contribution in [0.1, 0.15) is 6.92 Å². The summed E-state index contributed by atoms with van der Waals surface area (Å²) in [5.74, 6) is -0.141. The lowest BCUT2D eigenvalue weighted by Crippen LogP contribution is -2.44. The van der Waals surface area contributed by atoms with Gasteiger partial charge < -0.3 is 5.11 Å². The highest BCUT2D eigenvalue weighted by Crippen LogP contribution is 2.45. The molecule has 2 unspecified atom stereocenters. The van der Waals surface area contributed by atoms with E-state index >= 15 is 0 Å². The van der Waals surface area contributed by atoms with Crippen molar-refractivity contribution in [1.82, 2.24) is 0 Å². The predicted molar refractivity (Wildman–Crippen MR) is 62.6 cm³/mol. The van der Waals surface area contributed by atoms with Gasteiger partial charge in [0.2, 0.25) is 0 Å². The monoisotopic (exact) mass is 294 g/mol. The lowest BCUT2D eigenvalue weighted by molar-refractivity contribution is 0.112. The summed E-state index contributed by atoms with van der Waals surface area (Å²) < 4.78 is 0. The second kappa shape index (κ2) is 4.40. The Balaban J connectivity index is 3.33. The van der Waals surface area contributed by atoms with E-state index in [0.29, 0.717) is 5.57 Å². The van der Waals surface area contributed by atoms with Gasteiger partial charge in [-0.15, -0.1) is 23.2 Å². The van der Waals surface area contributed by atoms with Crippen LogP contribution in [-0.4, -0.2) is 22.0 Å². The zero-order chi connectivity index (χ0) is 11.1. The van der Waals surface area contributed by atoms with Gasteiger partial charge in [0.25, 0.3) is 0 Å². The zero-order valence-corrected chi connectivity index (χ0v) is 10.9. The van der Waals surface area contributed by atoms with Gasteiger partial charge in [0.05, 0.1) is 26.4 Å². The molecule has 0 bridgehead atoms. The van der Waals surface area contributed by atoms with Crippen LogP contribution in [0.4, 0.5) is 0 Å². The number of rotatable bonds is 1. The largest absolute Gasteiger partial charge is 0.381 e. The van der Waals surface area contributed by atoms with E-state index < -0.39 is 11.0 Å². The van der Waals surface area contributed by atoms with Gasteiger partial charge in [-0.05, 0) is 12.5 Å². The molecule has 0 aromatic carbocycles. The maximum Gasteiger partial charge on any atom is 0.135 e. The molecule has 0 heterocycles. The van der Waals surface area contributed by atoms with Gasteiger partial charge in [0.1, 0.15) is 5.60 Å². The third-order valence-electron chi connectivity index (χ3n) is 2.11. The van der Waals surface area contributed by atoms with Gasteiger partial charge in [-0.2, -0.15) is 0 Å². The summed E-state index contributed by atoms with van der Waals surface area (Å²) in [5, 5.41) is 9.65. The van der Waals surface area contributed by atoms with E-state index in [2.05, 4.69) is 0 Å². The van der Waals surface area contributed by atoms with E-state index in [1.807, 2.05) is 0 Å². The molecule has 14 heavy (non-hydrogen) atoms. The average Bonchev–Trinajstić information content (AvgIpc) is 2.21. The normalized spacial score (nSPS) is 34.1. The van der Waals surface area contributed by atoms with E-state index in [1.165, 1.54) is 0 Å². The molecule has 0 radical (unpaired) electrons. The molecule has 0 aromatic rings. The number of hydrogen-bond donors (Lipinski definition) is 1. The number of hydrogen-bond acceptors (Lipinski definition) is 1. The van der Waals surface area contributed by atoms with Crippen LogP contribution in [0.5, 0.6) is 0 Å². The second-order valence-corrected chi connectivity index (χ2v) is 4.88. The van der Waals surface area contributed by atoms with Gasteiger partial charge in [-0.25, -0.2) is 0 Å². The van der Waals surface area contributed by atoms with Crippen LogP contribution in [0.15, 0.2) is 20.7 Å². The van der Waals surface area contributed by atoms with Crippen LogP contribution in [0.3, 0.4) is 0 Å². The van der Waals surface area contributed by atoms with E-state index in [1.54, 1.807) is 6.92 Å². The van der Waals surface area contributed by atoms with E-state index in [-0.39, 0.29) is 21.0 Å². The van der Waals surface area contributed by atoms with Crippen LogP contribution in [0, 0.1) is 0 Å². The molecule has 0 spiro atoms. The molecule has 6 heteroatoms. The van der Waals surface area contributed by atoms with Crippen molar-refractivity contribution in [3.8, 4) is 0 Å². The lowest BCUT2D eigenvalue weighted by Gasteiger charge is -2.35. The van der Waals surface area contributed by atoms with Crippen LogP contribution in [0.2, 0.25) is 0 Å². The minimum Gasteiger partial charge on any atom is -0.381 e. The SMILES string of the molecule is CC1=C(Cl)C(Cl)=C(Cl)C(O)(CCl)C1Cl. The molecule has 2 atom stereocenters. The Morgan fingerprint density at radius 1 is 1.29 bits per heavy atom. The topological polar surface area (TPSA) is 20.2 Å². The maximum atomic E-state index is 10.0. The summed E-state index contributed by atoms with van der Waals surface area (Å²) in [6.45, 7) is 1.67. The van der Waals surface area contributed by atoms with Crippen molar-refractivity contribution in [2.75, 3.05) is 5.88 Å². The second-order valence-electron chi connectivity index (χ2n) is 3.05. The molecule has 80 valence electrons. The van der Waals surface area contributed by atoms with Crippen molar-refractivity contribution < 1.29 is 5.11 Å². The van der Waals surface area contributed by atoms with Crippen molar-refractivity contribution in [3.05, 3.63) is 20.7 Å². The fourth-order valence-corrected chi connectivity index (χ4v) is 2.84. The molecule has 1 aliphatic carbocycles. The summed E-state index contributed by atoms with van der Waals surface area (Å²) in [6, 6.07) is 0. The summed E-state index contributed by atoms with van der Waals surface area (Å²) in [4.78, 5) is 0. The quantitative estimate of drug-likeness (QED) is 0.730. The smallest absolute Gasteiger partial charge is 0.135 e. The van der Waals surface area contributed by atoms with Gasteiger partial charge in [0, 0.05) is 0 Å². The molecule has 0 fully saturated rings. The van der Waals surface area contributed by atoms with Crippen molar-refractivity contribution >= 4 is 58.0 Å². The molecule has 0 amide bonds. The third-order valence-corrected chi connectivity index (χ3v) is 4.79. The summed E-state index contributed by atoms with van der Waals surface area (Å²) in [6.07, 6.45) is 0. The summed E-state index contributed by atoms with van der Waals surface area (Å²) >= 11 is 29.1. The Bertz CT molecular complexity index is 322. The van der Waals surface area contributed by atoms with Crippen molar-refractivity contribution in [1.29, 1.82) is 0 Å². The Morgan fingerprint density at radius 2 is 1.79 bits per heavy atom. The average molecular weight is 296 g/mol. The zero-order valence-electron chi connectivity index (χ0n) is 7.12. The highest BCUT2D eigenvalue weighted by molar-refractivity contribution is 6.50. The highest BCUT2D eigenvalue weighted by atomic mass is 35.5. The van der Waals surface area contributed by atoms with E-state index in [4.69, 9.17) is 58.0 Å². The Kier molecular flexibility index (Phi) is 4.08. The molecule has 1 N–H and O–H groups in total. The molecule has 0 aliphatic heterocycles. The first-order chi connectivity index (χ1) is 6.36. The fraction of sp³-hybridized carbons (Fsp3) is 0.500. The maximum absolute atomic E-state index is 10.0. The number of allylic oxidation sites excluding steroid dienone is 2. The first kappa shape index (κ1) is 13.0. The Hall–Kier alpha value is 0.890. The molecular weight excluding hydrogens is 289 g/mol. The highest BCUT2D eigenvalue weighted by Gasteiger charge is 2.45. The standard InChI is InChI=1S/C8H7Cl5O/c1-3-4(10)5(11)7(13)8(14,2-9)6(3)12/h6,14H,2H2,1H3. The Morgan fingerprint density at radius 3 is 2.21 bits per heavy atom. The molecule has 0 aromatic heterocycles. The summed E-state index contributed by atoms with van der Waals surface area (Å²) in [5.41, 5.74) is -0.976. The number of halogens is 5. The molecule has 1 rings (SSSR count). The third kappa shape index (κ3) is 1.79. The molecular formula is C8H7Cl5O. The molecule has 1 aliphatic rings. The van der Waals surface area contributed by atoms with Crippen LogP contribution < -0.4 is 0 Å². The first-order valence-electron chi connectivity index (χ1n) is 3.71. The molecule has 0 saturated heterocycles. The van der Waals surface area contributed by atoms with Crippen molar-refractivity contribution in [2.45, 2.75) is 17.9 Å². The van der Waals surface area contributed by atoms with Crippen molar-refractivity contribution in [3.63, 3.8) is 0 Å². The summed E-state index contributed by atoms with van der Waals surface area (Å²) in [7, 11) is 0. The number of aliphatic hydroxyl groups is 1. The van der Waals surface area contributed by atoms with Gasteiger partial charge in [-0.1, -0.05) is 34.8 Å². The van der Waals surface area contributed by atoms with Gasteiger partial charge in [0.15, 0.2) is 0 Å². The van der Waals surface area contributed by atoms with Gasteiger partial charge in [-0.3, -0.25) is 0 Å². The van der Waals surface area contributed by atoms with Crippen LogP contribution in [0.25, 0.3) is 0 Å². The first-order valence-corrected chi connectivity index (χ1v) is 5.81. The van der Waals surface area contributed by atoms with E-state index in [9.17, 15) is 5.11 Å². The van der Waals surface area contributed by atoms with Gasteiger partial charge >= 0.3 is 0 Å². The van der Waals surface area contributed by atoms with Crippen LogP contribution >= 0.6 is 58.0 Å². The molecule has 0 saturated carbocycles. The minimum absolute atomic E-state index is 0.00948. The van der Waals surface area contributed by atoms with E-state index in [0.717, 1.165) is 0 Å². The Labute approximate surface area is 107 Å². The molecule has 1 nitrogen and oxygen atoms in total.